The SMILES string of the molecule is CCCCCC(C)NC(=O)CCC(=O)NCc1ccc(C)o1. The highest BCUT2D eigenvalue weighted by Crippen LogP contribution is 2.06. The third-order valence-electron chi connectivity index (χ3n) is 3.48. The van der Waals surface area contributed by atoms with Gasteiger partial charge in [0.25, 0.3) is 0 Å². The van der Waals surface area contributed by atoms with E-state index in [2.05, 4.69) is 17.6 Å². The van der Waals surface area contributed by atoms with Gasteiger partial charge in [0.15, 0.2) is 0 Å². The normalized spacial score (nSPS) is 12.0. The van der Waals surface area contributed by atoms with Crippen LogP contribution in [-0.2, 0) is 16.1 Å². The molecule has 22 heavy (non-hydrogen) atoms. The largest absolute Gasteiger partial charge is 0.465 e. The van der Waals surface area contributed by atoms with Gasteiger partial charge in [0, 0.05) is 18.9 Å². The summed E-state index contributed by atoms with van der Waals surface area (Å²) in [7, 11) is 0. The number of unbranched alkanes of at least 4 members (excludes halogenated alkanes) is 2. The van der Waals surface area contributed by atoms with E-state index in [9.17, 15) is 9.59 Å². The molecule has 0 spiro atoms. The average molecular weight is 308 g/mol. The summed E-state index contributed by atoms with van der Waals surface area (Å²) in [6.45, 7) is 6.39. The van der Waals surface area contributed by atoms with Crippen LogP contribution in [0.2, 0.25) is 0 Å². The Labute approximate surface area is 132 Å². The molecular weight excluding hydrogens is 280 g/mol. The zero-order valence-corrected chi connectivity index (χ0v) is 13.9. The Morgan fingerprint density at radius 2 is 1.91 bits per heavy atom. The number of rotatable bonds is 10. The van der Waals surface area contributed by atoms with Gasteiger partial charge < -0.3 is 15.1 Å². The van der Waals surface area contributed by atoms with Gasteiger partial charge in [-0.05, 0) is 32.4 Å². The number of hydrogen-bond donors (Lipinski definition) is 2. The Bertz CT molecular complexity index is 468. The number of hydrogen-bond acceptors (Lipinski definition) is 3. The third kappa shape index (κ3) is 7.86. The Morgan fingerprint density at radius 3 is 2.55 bits per heavy atom. The highest BCUT2D eigenvalue weighted by atomic mass is 16.3. The van der Waals surface area contributed by atoms with Gasteiger partial charge in [-0.3, -0.25) is 9.59 Å². The van der Waals surface area contributed by atoms with Crippen LogP contribution in [0, 0.1) is 6.92 Å². The van der Waals surface area contributed by atoms with E-state index in [0.717, 1.165) is 24.4 Å². The molecule has 0 saturated heterocycles. The first kappa shape index (κ1) is 18.3. The third-order valence-corrected chi connectivity index (χ3v) is 3.48. The molecule has 1 aromatic rings. The lowest BCUT2D eigenvalue weighted by Gasteiger charge is -2.13. The van der Waals surface area contributed by atoms with Gasteiger partial charge in [-0.1, -0.05) is 26.2 Å². The average Bonchev–Trinajstić information content (AvgIpc) is 2.89. The molecule has 1 aromatic heterocycles. The minimum absolute atomic E-state index is 0.0620. The molecule has 1 atom stereocenters. The van der Waals surface area contributed by atoms with Crippen LogP contribution in [0.3, 0.4) is 0 Å². The maximum Gasteiger partial charge on any atom is 0.220 e. The summed E-state index contributed by atoms with van der Waals surface area (Å²) in [5.74, 6) is 1.34. The monoisotopic (exact) mass is 308 g/mol. The van der Waals surface area contributed by atoms with Crippen molar-refractivity contribution in [1.82, 2.24) is 10.6 Å². The lowest BCUT2D eigenvalue weighted by molar-refractivity contribution is -0.126. The Morgan fingerprint density at radius 1 is 1.18 bits per heavy atom. The standard InChI is InChI=1S/C17H28N2O3/c1-4-5-6-7-13(2)19-17(21)11-10-16(20)18-12-15-9-8-14(3)22-15/h8-9,13H,4-7,10-12H2,1-3H3,(H,18,20)(H,19,21). The molecule has 0 bridgehead atoms. The smallest absolute Gasteiger partial charge is 0.220 e. The van der Waals surface area contributed by atoms with Crippen molar-refractivity contribution in [1.29, 1.82) is 0 Å². The number of carbonyl (C=O) groups excluding carboxylic acids is 2. The fraction of sp³-hybridized carbons (Fsp3) is 0.647. The first-order valence-corrected chi connectivity index (χ1v) is 8.12. The molecule has 5 nitrogen and oxygen atoms in total. The first-order valence-electron chi connectivity index (χ1n) is 8.12. The summed E-state index contributed by atoms with van der Waals surface area (Å²) in [5.41, 5.74) is 0. The molecular formula is C17H28N2O3. The van der Waals surface area contributed by atoms with Crippen molar-refractivity contribution in [2.45, 2.75) is 71.9 Å². The van der Waals surface area contributed by atoms with E-state index in [1.807, 2.05) is 26.0 Å². The van der Waals surface area contributed by atoms with Crippen LogP contribution in [0.4, 0.5) is 0 Å². The number of nitrogens with one attached hydrogen (secondary N) is 2. The topological polar surface area (TPSA) is 71.3 Å². The molecule has 1 unspecified atom stereocenters. The predicted octanol–water partition coefficient (Wildman–Crippen LogP) is 3.07. The van der Waals surface area contributed by atoms with Gasteiger partial charge in [-0.15, -0.1) is 0 Å². The number of furan rings is 1. The van der Waals surface area contributed by atoms with Gasteiger partial charge in [0.05, 0.1) is 6.54 Å². The summed E-state index contributed by atoms with van der Waals surface area (Å²) in [6.07, 6.45) is 4.91. The van der Waals surface area contributed by atoms with E-state index in [0.29, 0.717) is 6.54 Å². The minimum Gasteiger partial charge on any atom is -0.465 e. The van der Waals surface area contributed by atoms with E-state index in [1.54, 1.807) is 0 Å². The lowest BCUT2D eigenvalue weighted by atomic mass is 10.1. The Kier molecular flexibility index (Phi) is 8.33. The molecule has 0 aliphatic carbocycles. The molecule has 124 valence electrons. The molecule has 2 amide bonds. The van der Waals surface area contributed by atoms with Crippen LogP contribution in [0.5, 0.6) is 0 Å². The maximum atomic E-state index is 11.8. The van der Waals surface area contributed by atoms with Crippen LogP contribution in [0.1, 0.15) is 63.9 Å². The molecule has 0 aliphatic rings. The van der Waals surface area contributed by atoms with Crippen molar-refractivity contribution in [2.75, 3.05) is 0 Å². The Hall–Kier alpha value is -1.78. The number of carbonyl (C=O) groups is 2. The van der Waals surface area contributed by atoms with Crippen molar-refractivity contribution in [3.63, 3.8) is 0 Å². The first-order chi connectivity index (χ1) is 10.5. The molecule has 1 heterocycles. The lowest BCUT2D eigenvalue weighted by Crippen LogP contribution is -2.33. The highest BCUT2D eigenvalue weighted by molar-refractivity contribution is 5.83. The highest BCUT2D eigenvalue weighted by Gasteiger charge is 2.10. The molecule has 0 fully saturated rings. The van der Waals surface area contributed by atoms with Crippen molar-refractivity contribution in [3.05, 3.63) is 23.7 Å². The van der Waals surface area contributed by atoms with Crippen molar-refractivity contribution >= 4 is 11.8 Å². The van der Waals surface area contributed by atoms with Gasteiger partial charge in [-0.2, -0.15) is 0 Å². The maximum absolute atomic E-state index is 11.8. The van der Waals surface area contributed by atoms with E-state index < -0.39 is 0 Å². The molecule has 5 heteroatoms. The molecule has 0 aromatic carbocycles. The van der Waals surface area contributed by atoms with Gasteiger partial charge in [0.2, 0.25) is 11.8 Å². The molecule has 2 N–H and O–H groups in total. The van der Waals surface area contributed by atoms with E-state index in [4.69, 9.17) is 4.42 Å². The zero-order chi connectivity index (χ0) is 16.4. The number of amides is 2. The molecule has 0 saturated carbocycles. The van der Waals surface area contributed by atoms with Crippen molar-refractivity contribution in [3.8, 4) is 0 Å². The van der Waals surface area contributed by atoms with Crippen LogP contribution in [-0.4, -0.2) is 17.9 Å². The van der Waals surface area contributed by atoms with Crippen LogP contribution in [0.25, 0.3) is 0 Å². The van der Waals surface area contributed by atoms with Crippen molar-refractivity contribution in [2.24, 2.45) is 0 Å². The quantitative estimate of drug-likeness (QED) is 0.653. The fourth-order valence-corrected chi connectivity index (χ4v) is 2.20. The second kappa shape index (κ2) is 10.0. The van der Waals surface area contributed by atoms with Crippen LogP contribution < -0.4 is 10.6 Å². The molecule has 1 rings (SSSR count). The zero-order valence-electron chi connectivity index (χ0n) is 13.9. The summed E-state index contributed by atoms with van der Waals surface area (Å²) in [5, 5.41) is 5.68. The van der Waals surface area contributed by atoms with Gasteiger partial charge in [-0.25, -0.2) is 0 Å². The summed E-state index contributed by atoms with van der Waals surface area (Å²) < 4.78 is 5.36. The second-order valence-corrected chi connectivity index (χ2v) is 5.75. The van der Waals surface area contributed by atoms with Gasteiger partial charge >= 0.3 is 0 Å². The Balaban J connectivity index is 2.13. The molecule has 0 aliphatic heterocycles. The summed E-state index contributed by atoms with van der Waals surface area (Å²) in [4.78, 5) is 23.5. The van der Waals surface area contributed by atoms with Crippen LogP contribution in [0.15, 0.2) is 16.5 Å². The van der Waals surface area contributed by atoms with Crippen LogP contribution >= 0.6 is 0 Å². The van der Waals surface area contributed by atoms with Crippen molar-refractivity contribution < 1.29 is 14.0 Å². The fourth-order valence-electron chi connectivity index (χ4n) is 2.20. The molecule has 0 radical (unpaired) electrons. The summed E-state index contributed by atoms with van der Waals surface area (Å²) in [6, 6.07) is 3.86. The number of aryl methyl sites for hydroxylation is 1. The summed E-state index contributed by atoms with van der Waals surface area (Å²) >= 11 is 0. The van der Waals surface area contributed by atoms with E-state index in [-0.39, 0.29) is 30.7 Å². The second-order valence-electron chi connectivity index (χ2n) is 5.75. The van der Waals surface area contributed by atoms with Gasteiger partial charge in [0.1, 0.15) is 11.5 Å². The minimum atomic E-state index is -0.136. The van der Waals surface area contributed by atoms with E-state index >= 15 is 0 Å². The van der Waals surface area contributed by atoms with E-state index in [1.165, 1.54) is 12.8 Å². The predicted molar refractivity (Wildman–Crippen MR) is 86.3 cm³/mol.